The summed E-state index contributed by atoms with van der Waals surface area (Å²) in [5.41, 5.74) is 0.410. The second kappa shape index (κ2) is 5.60. The minimum Gasteiger partial charge on any atom is -0.394 e. The van der Waals surface area contributed by atoms with Crippen molar-refractivity contribution in [1.29, 1.82) is 5.26 Å². The standard InChI is InChI=1S/C12H18N4O/c1-12(2,3)6-10(8-17)14-11-5-4-9(7-13)15-16-11/h4-5,10,17H,6,8H2,1-3H3,(H,14,16). The summed E-state index contributed by atoms with van der Waals surface area (Å²) in [6.45, 7) is 6.38. The summed E-state index contributed by atoms with van der Waals surface area (Å²) in [7, 11) is 0. The first-order valence-corrected chi connectivity index (χ1v) is 5.56. The highest BCUT2D eigenvalue weighted by Crippen LogP contribution is 2.22. The van der Waals surface area contributed by atoms with E-state index in [0.29, 0.717) is 5.82 Å². The maximum absolute atomic E-state index is 9.29. The Morgan fingerprint density at radius 2 is 2.12 bits per heavy atom. The SMILES string of the molecule is CC(C)(C)CC(CO)Nc1ccc(C#N)nn1. The van der Waals surface area contributed by atoms with Crippen molar-refractivity contribution < 1.29 is 5.11 Å². The van der Waals surface area contributed by atoms with Gasteiger partial charge >= 0.3 is 0 Å². The summed E-state index contributed by atoms with van der Waals surface area (Å²) >= 11 is 0. The number of rotatable bonds is 4. The highest BCUT2D eigenvalue weighted by molar-refractivity contribution is 5.36. The molecule has 0 fully saturated rings. The summed E-state index contributed by atoms with van der Waals surface area (Å²) in [6.07, 6.45) is 0.825. The van der Waals surface area contributed by atoms with Gasteiger partial charge in [-0.15, -0.1) is 10.2 Å². The van der Waals surface area contributed by atoms with Crippen LogP contribution >= 0.6 is 0 Å². The molecular formula is C12H18N4O. The van der Waals surface area contributed by atoms with Gasteiger partial charge in [-0.3, -0.25) is 0 Å². The number of aliphatic hydroxyl groups is 1. The number of hydrogen-bond acceptors (Lipinski definition) is 5. The van der Waals surface area contributed by atoms with Crippen molar-refractivity contribution in [3.63, 3.8) is 0 Å². The molecule has 0 aliphatic heterocycles. The summed E-state index contributed by atoms with van der Waals surface area (Å²) < 4.78 is 0. The number of nitriles is 1. The molecule has 1 aromatic heterocycles. The van der Waals surface area contributed by atoms with Crippen LogP contribution in [0.3, 0.4) is 0 Å². The zero-order valence-corrected chi connectivity index (χ0v) is 10.4. The summed E-state index contributed by atoms with van der Waals surface area (Å²) in [5, 5.41) is 28.6. The number of nitrogens with zero attached hydrogens (tertiary/aromatic N) is 3. The van der Waals surface area contributed by atoms with Gasteiger partial charge < -0.3 is 10.4 Å². The molecule has 0 amide bonds. The Bertz CT molecular complexity index is 388. The van der Waals surface area contributed by atoms with Crippen LogP contribution in [0.25, 0.3) is 0 Å². The molecule has 0 spiro atoms. The highest BCUT2D eigenvalue weighted by Gasteiger charge is 2.18. The molecule has 0 bridgehead atoms. The van der Waals surface area contributed by atoms with Gasteiger partial charge in [0, 0.05) is 0 Å². The van der Waals surface area contributed by atoms with E-state index in [1.807, 2.05) is 6.07 Å². The first kappa shape index (κ1) is 13.4. The van der Waals surface area contributed by atoms with Crippen LogP contribution in [0.4, 0.5) is 5.82 Å². The Labute approximate surface area is 101 Å². The van der Waals surface area contributed by atoms with E-state index in [-0.39, 0.29) is 23.8 Å². The normalized spacial score (nSPS) is 12.9. The van der Waals surface area contributed by atoms with Crippen LogP contribution in [-0.2, 0) is 0 Å². The molecule has 0 aromatic carbocycles. The van der Waals surface area contributed by atoms with Gasteiger partial charge in [0.05, 0.1) is 12.6 Å². The van der Waals surface area contributed by atoms with Crippen molar-refractivity contribution in [2.24, 2.45) is 5.41 Å². The first-order valence-electron chi connectivity index (χ1n) is 5.56. The molecule has 5 nitrogen and oxygen atoms in total. The fourth-order valence-corrected chi connectivity index (χ4v) is 1.58. The lowest BCUT2D eigenvalue weighted by Gasteiger charge is -2.25. The number of hydrogen-bond donors (Lipinski definition) is 2. The first-order chi connectivity index (χ1) is 7.94. The predicted molar refractivity (Wildman–Crippen MR) is 65.3 cm³/mol. The lowest BCUT2D eigenvalue weighted by molar-refractivity contribution is 0.233. The second-order valence-electron chi connectivity index (χ2n) is 5.20. The van der Waals surface area contributed by atoms with Gasteiger partial charge in [0.2, 0.25) is 0 Å². The van der Waals surface area contributed by atoms with Crippen LogP contribution in [0.5, 0.6) is 0 Å². The van der Waals surface area contributed by atoms with Gasteiger partial charge in [-0.2, -0.15) is 5.26 Å². The molecular weight excluding hydrogens is 216 g/mol. The van der Waals surface area contributed by atoms with Gasteiger partial charge in [-0.1, -0.05) is 20.8 Å². The quantitative estimate of drug-likeness (QED) is 0.826. The molecule has 1 atom stereocenters. The minimum absolute atomic E-state index is 0.0406. The van der Waals surface area contributed by atoms with Crippen molar-refractivity contribution in [2.45, 2.75) is 33.2 Å². The molecule has 92 valence electrons. The van der Waals surface area contributed by atoms with Crippen molar-refractivity contribution >= 4 is 5.82 Å². The van der Waals surface area contributed by atoms with E-state index in [2.05, 4.69) is 36.3 Å². The third-order valence-electron chi connectivity index (χ3n) is 2.21. The Balaban J connectivity index is 2.64. The van der Waals surface area contributed by atoms with Crippen LogP contribution in [-0.4, -0.2) is 28.0 Å². The minimum atomic E-state index is -0.0581. The average Bonchev–Trinajstić information content (AvgIpc) is 2.27. The molecule has 1 rings (SSSR count). The van der Waals surface area contributed by atoms with Crippen LogP contribution < -0.4 is 5.32 Å². The molecule has 1 aromatic rings. The maximum atomic E-state index is 9.29. The van der Waals surface area contributed by atoms with Gasteiger partial charge in [0.1, 0.15) is 11.9 Å². The van der Waals surface area contributed by atoms with Crippen molar-refractivity contribution in [1.82, 2.24) is 10.2 Å². The topological polar surface area (TPSA) is 81.8 Å². The number of aromatic nitrogens is 2. The average molecular weight is 234 g/mol. The molecule has 1 heterocycles. The molecule has 0 saturated carbocycles. The zero-order valence-electron chi connectivity index (χ0n) is 10.4. The third kappa shape index (κ3) is 4.79. The molecule has 0 aliphatic carbocycles. The Kier molecular flexibility index (Phi) is 4.41. The van der Waals surface area contributed by atoms with E-state index in [9.17, 15) is 5.11 Å². The molecule has 5 heteroatoms. The highest BCUT2D eigenvalue weighted by atomic mass is 16.3. The van der Waals surface area contributed by atoms with E-state index >= 15 is 0 Å². The zero-order chi connectivity index (χ0) is 12.9. The van der Waals surface area contributed by atoms with E-state index in [1.165, 1.54) is 0 Å². The lowest BCUT2D eigenvalue weighted by Crippen LogP contribution is -2.29. The Morgan fingerprint density at radius 3 is 2.53 bits per heavy atom. The largest absolute Gasteiger partial charge is 0.394 e. The lowest BCUT2D eigenvalue weighted by atomic mass is 9.88. The number of anilines is 1. The number of nitrogens with one attached hydrogen (secondary N) is 1. The van der Waals surface area contributed by atoms with E-state index in [4.69, 9.17) is 5.26 Å². The molecule has 1 unspecified atom stereocenters. The smallest absolute Gasteiger partial charge is 0.163 e. The van der Waals surface area contributed by atoms with Crippen molar-refractivity contribution in [3.8, 4) is 6.07 Å². The fraction of sp³-hybridized carbons (Fsp3) is 0.583. The molecule has 0 saturated heterocycles. The molecule has 2 N–H and O–H groups in total. The third-order valence-corrected chi connectivity index (χ3v) is 2.21. The summed E-state index contributed by atoms with van der Waals surface area (Å²) in [6, 6.07) is 5.14. The van der Waals surface area contributed by atoms with E-state index in [1.54, 1.807) is 12.1 Å². The van der Waals surface area contributed by atoms with Gasteiger partial charge in [-0.25, -0.2) is 0 Å². The van der Waals surface area contributed by atoms with Crippen LogP contribution in [0.1, 0.15) is 32.9 Å². The van der Waals surface area contributed by atoms with Gasteiger partial charge in [-0.05, 0) is 24.0 Å². The maximum Gasteiger partial charge on any atom is 0.163 e. The van der Waals surface area contributed by atoms with Crippen LogP contribution in [0.15, 0.2) is 12.1 Å². The van der Waals surface area contributed by atoms with Crippen molar-refractivity contribution in [2.75, 3.05) is 11.9 Å². The Hall–Kier alpha value is -1.67. The Morgan fingerprint density at radius 1 is 1.41 bits per heavy atom. The number of aliphatic hydroxyl groups excluding tert-OH is 1. The fourth-order valence-electron chi connectivity index (χ4n) is 1.58. The summed E-state index contributed by atoms with van der Waals surface area (Å²) in [4.78, 5) is 0. The predicted octanol–water partition coefficient (Wildman–Crippen LogP) is 1.56. The van der Waals surface area contributed by atoms with Crippen LogP contribution in [0, 0.1) is 16.7 Å². The second-order valence-corrected chi connectivity index (χ2v) is 5.20. The van der Waals surface area contributed by atoms with E-state index < -0.39 is 0 Å². The van der Waals surface area contributed by atoms with Gasteiger partial charge in [0.25, 0.3) is 0 Å². The molecule has 0 aliphatic rings. The van der Waals surface area contributed by atoms with Gasteiger partial charge in [0.15, 0.2) is 5.69 Å². The van der Waals surface area contributed by atoms with E-state index in [0.717, 1.165) is 6.42 Å². The van der Waals surface area contributed by atoms with Crippen LogP contribution in [0.2, 0.25) is 0 Å². The monoisotopic (exact) mass is 234 g/mol. The molecule has 0 radical (unpaired) electrons. The molecule has 17 heavy (non-hydrogen) atoms. The summed E-state index contributed by atoms with van der Waals surface area (Å²) in [5.74, 6) is 0.576. The van der Waals surface area contributed by atoms with Crippen molar-refractivity contribution in [3.05, 3.63) is 17.8 Å².